The maximum Gasteiger partial charge on any atom is 0.255 e. The lowest BCUT2D eigenvalue weighted by atomic mass is 10.0. The van der Waals surface area contributed by atoms with Crippen LogP contribution < -0.4 is 10.6 Å². The Balaban J connectivity index is 1.14. The van der Waals surface area contributed by atoms with Gasteiger partial charge in [0.1, 0.15) is 0 Å². The third-order valence-corrected chi connectivity index (χ3v) is 6.16. The third-order valence-electron chi connectivity index (χ3n) is 6.16. The Morgan fingerprint density at radius 1 is 0.914 bits per heavy atom. The first-order chi connectivity index (χ1) is 17.2. The van der Waals surface area contributed by atoms with Gasteiger partial charge in [0.15, 0.2) is 5.82 Å². The van der Waals surface area contributed by atoms with Crippen molar-refractivity contribution in [3.63, 3.8) is 0 Å². The van der Waals surface area contributed by atoms with Gasteiger partial charge in [0.25, 0.3) is 5.91 Å². The molecule has 3 N–H and O–H groups in total. The SMILES string of the molecule is O=C(Nc1cccc(CNc2nnc(-c3cccnc3)[nH]2)c1)c1cccc2c1Cc1ccccc1-2. The second-order valence-corrected chi connectivity index (χ2v) is 8.44. The van der Waals surface area contributed by atoms with Crippen LogP contribution in [-0.4, -0.2) is 26.1 Å². The highest BCUT2D eigenvalue weighted by molar-refractivity contribution is 6.07. The van der Waals surface area contributed by atoms with E-state index in [1.54, 1.807) is 12.4 Å². The molecule has 3 aromatic carbocycles. The summed E-state index contributed by atoms with van der Waals surface area (Å²) in [6, 6.07) is 25.8. The van der Waals surface area contributed by atoms with E-state index >= 15 is 0 Å². The normalized spacial score (nSPS) is 11.5. The highest BCUT2D eigenvalue weighted by atomic mass is 16.1. The van der Waals surface area contributed by atoms with Crippen LogP contribution in [0.25, 0.3) is 22.5 Å². The zero-order valence-corrected chi connectivity index (χ0v) is 18.8. The van der Waals surface area contributed by atoms with Crippen LogP contribution in [0.2, 0.25) is 0 Å². The summed E-state index contributed by atoms with van der Waals surface area (Å²) in [5, 5.41) is 14.6. The molecule has 7 nitrogen and oxygen atoms in total. The Morgan fingerprint density at radius 3 is 2.71 bits per heavy atom. The number of fused-ring (bicyclic) bond motifs is 3. The van der Waals surface area contributed by atoms with Crippen LogP contribution in [0.15, 0.2) is 91.3 Å². The van der Waals surface area contributed by atoms with E-state index in [-0.39, 0.29) is 5.91 Å². The van der Waals surface area contributed by atoms with E-state index in [1.807, 2.05) is 60.7 Å². The van der Waals surface area contributed by atoms with Crippen molar-refractivity contribution >= 4 is 17.5 Å². The Morgan fingerprint density at radius 2 is 1.80 bits per heavy atom. The second-order valence-electron chi connectivity index (χ2n) is 8.44. The average molecular weight is 459 g/mol. The number of aromatic amines is 1. The number of carbonyl (C=O) groups excluding carboxylic acids is 1. The molecule has 35 heavy (non-hydrogen) atoms. The number of H-pyrrole nitrogens is 1. The molecule has 2 heterocycles. The minimum Gasteiger partial charge on any atom is -0.350 e. The molecule has 1 aliphatic carbocycles. The summed E-state index contributed by atoms with van der Waals surface area (Å²) in [5.74, 6) is 1.12. The molecular weight excluding hydrogens is 436 g/mol. The van der Waals surface area contributed by atoms with Gasteiger partial charge in [0.2, 0.25) is 5.95 Å². The molecule has 2 aromatic heterocycles. The topological polar surface area (TPSA) is 95.6 Å². The van der Waals surface area contributed by atoms with Crippen molar-refractivity contribution in [1.82, 2.24) is 20.2 Å². The van der Waals surface area contributed by atoms with Crippen molar-refractivity contribution in [2.75, 3.05) is 10.6 Å². The second kappa shape index (κ2) is 8.87. The van der Waals surface area contributed by atoms with Crippen LogP contribution in [0.1, 0.15) is 27.0 Å². The quantitative estimate of drug-likeness (QED) is 0.315. The Bertz CT molecular complexity index is 1530. The molecular formula is C28H22N6O. The predicted molar refractivity (Wildman–Crippen MR) is 136 cm³/mol. The molecule has 5 aromatic rings. The fraction of sp³-hybridized carbons (Fsp3) is 0.0714. The first kappa shape index (κ1) is 20.8. The predicted octanol–water partition coefficient (Wildman–Crippen LogP) is 5.30. The molecule has 7 heteroatoms. The molecule has 0 unspecified atom stereocenters. The molecule has 0 saturated carbocycles. The molecule has 0 saturated heterocycles. The van der Waals surface area contributed by atoms with Gasteiger partial charge in [-0.25, -0.2) is 0 Å². The van der Waals surface area contributed by atoms with Gasteiger partial charge in [0.05, 0.1) is 0 Å². The molecule has 1 amide bonds. The number of anilines is 2. The smallest absolute Gasteiger partial charge is 0.255 e. The number of nitrogens with one attached hydrogen (secondary N) is 3. The van der Waals surface area contributed by atoms with Gasteiger partial charge in [-0.05, 0) is 64.6 Å². The lowest BCUT2D eigenvalue weighted by molar-refractivity contribution is 0.102. The summed E-state index contributed by atoms with van der Waals surface area (Å²) in [6.07, 6.45) is 4.23. The Hall–Kier alpha value is -4.78. The summed E-state index contributed by atoms with van der Waals surface area (Å²) in [4.78, 5) is 20.5. The summed E-state index contributed by atoms with van der Waals surface area (Å²) < 4.78 is 0. The third kappa shape index (κ3) is 4.15. The molecule has 0 atom stereocenters. The lowest BCUT2D eigenvalue weighted by Crippen LogP contribution is -2.14. The molecule has 0 radical (unpaired) electrons. The van der Waals surface area contributed by atoms with E-state index in [0.717, 1.165) is 34.4 Å². The monoisotopic (exact) mass is 458 g/mol. The van der Waals surface area contributed by atoms with E-state index in [4.69, 9.17) is 0 Å². The van der Waals surface area contributed by atoms with Crippen LogP contribution in [0.4, 0.5) is 11.6 Å². The van der Waals surface area contributed by atoms with E-state index in [0.29, 0.717) is 23.9 Å². The van der Waals surface area contributed by atoms with Crippen LogP contribution in [-0.2, 0) is 13.0 Å². The van der Waals surface area contributed by atoms with E-state index < -0.39 is 0 Å². The van der Waals surface area contributed by atoms with Crippen molar-refractivity contribution in [1.29, 1.82) is 0 Å². The van der Waals surface area contributed by atoms with Crippen LogP contribution in [0, 0.1) is 0 Å². The van der Waals surface area contributed by atoms with Crippen molar-refractivity contribution in [3.8, 4) is 22.5 Å². The van der Waals surface area contributed by atoms with Gasteiger partial charge in [-0.2, -0.15) is 0 Å². The van der Waals surface area contributed by atoms with Crippen LogP contribution in [0.3, 0.4) is 0 Å². The standard InChI is InChI=1S/C28H22N6O/c35-27(24-12-4-11-23-22-10-2-1-7-19(22)15-25(23)24)31-21-9-3-6-18(14-21)16-30-28-32-26(33-34-28)20-8-5-13-29-17-20/h1-14,17H,15-16H2,(H,31,35)(H2,30,32,33,34). The first-order valence-corrected chi connectivity index (χ1v) is 11.4. The lowest BCUT2D eigenvalue weighted by Gasteiger charge is -2.11. The number of benzene rings is 3. The number of hydrogen-bond donors (Lipinski definition) is 3. The zero-order chi connectivity index (χ0) is 23.6. The van der Waals surface area contributed by atoms with Gasteiger partial charge >= 0.3 is 0 Å². The summed E-state index contributed by atoms with van der Waals surface area (Å²) in [6.45, 7) is 0.529. The van der Waals surface area contributed by atoms with Crippen molar-refractivity contribution < 1.29 is 4.79 Å². The van der Waals surface area contributed by atoms with Crippen molar-refractivity contribution in [2.24, 2.45) is 0 Å². The number of aromatic nitrogens is 4. The van der Waals surface area contributed by atoms with Crippen LogP contribution >= 0.6 is 0 Å². The van der Waals surface area contributed by atoms with Crippen molar-refractivity contribution in [3.05, 3.63) is 114 Å². The molecule has 0 spiro atoms. The maximum atomic E-state index is 13.2. The highest BCUT2D eigenvalue weighted by Crippen LogP contribution is 2.38. The Labute approximate surface area is 202 Å². The molecule has 0 fully saturated rings. The molecule has 1 aliphatic rings. The zero-order valence-electron chi connectivity index (χ0n) is 18.8. The number of amides is 1. The summed E-state index contributed by atoms with van der Waals surface area (Å²) >= 11 is 0. The summed E-state index contributed by atoms with van der Waals surface area (Å²) in [7, 11) is 0. The van der Waals surface area contributed by atoms with Gasteiger partial charge in [-0.15, -0.1) is 10.2 Å². The van der Waals surface area contributed by atoms with Gasteiger partial charge in [-0.1, -0.05) is 48.5 Å². The Kier molecular flexibility index (Phi) is 5.27. The van der Waals surface area contributed by atoms with Crippen LogP contribution in [0.5, 0.6) is 0 Å². The number of rotatable bonds is 6. The number of carbonyl (C=O) groups is 1. The highest BCUT2D eigenvalue weighted by Gasteiger charge is 2.23. The van der Waals surface area contributed by atoms with E-state index in [9.17, 15) is 4.79 Å². The minimum absolute atomic E-state index is 0.101. The van der Waals surface area contributed by atoms with E-state index in [1.165, 1.54) is 11.1 Å². The van der Waals surface area contributed by atoms with Crippen molar-refractivity contribution in [2.45, 2.75) is 13.0 Å². The number of nitrogens with zero attached hydrogens (tertiary/aromatic N) is 3. The van der Waals surface area contributed by atoms with Gasteiger partial charge in [0, 0.05) is 35.8 Å². The number of pyridine rings is 1. The fourth-order valence-electron chi connectivity index (χ4n) is 4.49. The fourth-order valence-corrected chi connectivity index (χ4v) is 4.49. The molecule has 0 bridgehead atoms. The average Bonchev–Trinajstić information content (AvgIpc) is 3.53. The van der Waals surface area contributed by atoms with E-state index in [2.05, 4.69) is 49.0 Å². The summed E-state index contributed by atoms with van der Waals surface area (Å²) in [5.41, 5.74) is 8.03. The van der Waals surface area contributed by atoms with Gasteiger partial charge < -0.3 is 15.6 Å². The maximum absolute atomic E-state index is 13.2. The molecule has 170 valence electrons. The van der Waals surface area contributed by atoms with Gasteiger partial charge in [-0.3, -0.25) is 9.78 Å². The molecule has 0 aliphatic heterocycles. The minimum atomic E-state index is -0.101. The molecule has 6 rings (SSSR count). The first-order valence-electron chi connectivity index (χ1n) is 11.4. The number of hydrogen-bond acceptors (Lipinski definition) is 5. The largest absolute Gasteiger partial charge is 0.350 e.